The Labute approximate surface area is 198 Å². The van der Waals surface area contributed by atoms with Gasteiger partial charge in [-0.15, -0.1) is 6.58 Å². The van der Waals surface area contributed by atoms with Gasteiger partial charge in [0, 0.05) is 17.5 Å². The largest absolute Gasteiger partial charge is 0.443 e. The number of carbonyl (C=O) groups is 1. The molecule has 1 saturated heterocycles. The second-order valence-electron chi connectivity index (χ2n) is 9.52. The highest BCUT2D eigenvalue weighted by atomic mass is 16.6. The van der Waals surface area contributed by atoms with E-state index in [1.54, 1.807) is 11.0 Å². The van der Waals surface area contributed by atoms with Gasteiger partial charge in [-0.1, -0.05) is 73.7 Å². The minimum absolute atomic E-state index is 0.225. The third kappa shape index (κ3) is 5.72. The molecule has 5 nitrogen and oxygen atoms in total. The molecule has 0 bridgehead atoms. The Balaban J connectivity index is 1.95. The van der Waals surface area contributed by atoms with Gasteiger partial charge < -0.3 is 9.47 Å². The maximum Gasteiger partial charge on any atom is 0.412 e. The fourth-order valence-corrected chi connectivity index (χ4v) is 4.42. The third-order valence-electron chi connectivity index (χ3n) is 5.99. The Morgan fingerprint density at radius 1 is 1.09 bits per heavy atom. The smallest absolute Gasteiger partial charge is 0.412 e. The average Bonchev–Trinajstić information content (AvgIpc) is 3.02. The van der Waals surface area contributed by atoms with Crippen LogP contribution in [0.5, 0.6) is 0 Å². The SMILES string of the molecule is C=CC[C@H](OC(=O)N1C(C)(C)COC1(C)C)[C@@H](CC)N=C(c1ccccc1)c1ccccc1. The summed E-state index contributed by atoms with van der Waals surface area (Å²) >= 11 is 0. The number of aliphatic imine (C=N–C) groups is 1. The van der Waals surface area contributed by atoms with Crippen LogP contribution in [0.25, 0.3) is 0 Å². The van der Waals surface area contributed by atoms with Gasteiger partial charge in [0.05, 0.1) is 23.9 Å². The summed E-state index contributed by atoms with van der Waals surface area (Å²) in [7, 11) is 0. The van der Waals surface area contributed by atoms with Crippen LogP contribution in [0, 0.1) is 0 Å². The van der Waals surface area contributed by atoms with E-state index in [4.69, 9.17) is 14.5 Å². The van der Waals surface area contributed by atoms with Crippen molar-refractivity contribution in [1.29, 1.82) is 0 Å². The van der Waals surface area contributed by atoms with Gasteiger partial charge in [-0.25, -0.2) is 4.79 Å². The van der Waals surface area contributed by atoms with E-state index in [-0.39, 0.29) is 12.1 Å². The molecular formula is C28H36N2O3. The number of amides is 1. The normalized spacial score (nSPS) is 18.3. The Kier molecular flexibility index (Phi) is 7.75. The molecule has 33 heavy (non-hydrogen) atoms. The first-order valence-electron chi connectivity index (χ1n) is 11.6. The molecule has 0 saturated carbocycles. The van der Waals surface area contributed by atoms with Crippen molar-refractivity contribution in [2.75, 3.05) is 6.61 Å². The predicted octanol–water partition coefficient (Wildman–Crippen LogP) is 6.23. The van der Waals surface area contributed by atoms with Crippen molar-refractivity contribution in [1.82, 2.24) is 4.90 Å². The molecule has 1 aliphatic heterocycles. The van der Waals surface area contributed by atoms with Crippen LogP contribution in [0.15, 0.2) is 78.3 Å². The maximum absolute atomic E-state index is 13.3. The van der Waals surface area contributed by atoms with E-state index < -0.39 is 17.4 Å². The fraction of sp³-hybridized carbons (Fsp3) is 0.429. The van der Waals surface area contributed by atoms with Crippen molar-refractivity contribution < 1.29 is 14.3 Å². The van der Waals surface area contributed by atoms with Crippen molar-refractivity contribution in [2.24, 2.45) is 4.99 Å². The van der Waals surface area contributed by atoms with Gasteiger partial charge in [-0.3, -0.25) is 9.89 Å². The van der Waals surface area contributed by atoms with Crippen molar-refractivity contribution >= 4 is 11.8 Å². The molecule has 2 aromatic carbocycles. The second kappa shape index (κ2) is 10.3. The van der Waals surface area contributed by atoms with Crippen LogP contribution in [0.4, 0.5) is 4.79 Å². The topological polar surface area (TPSA) is 51.1 Å². The van der Waals surface area contributed by atoms with Gasteiger partial charge in [-0.2, -0.15) is 0 Å². The summed E-state index contributed by atoms with van der Waals surface area (Å²) in [5, 5.41) is 0. The molecule has 0 aromatic heterocycles. The zero-order chi connectivity index (χ0) is 24.1. The molecule has 0 spiro atoms. The minimum Gasteiger partial charge on any atom is -0.443 e. The lowest BCUT2D eigenvalue weighted by Crippen LogP contribution is -2.54. The summed E-state index contributed by atoms with van der Waals surface area (Å²) < 4.78 is 12.0. The van der Waals surface area contributed by atoms with Crippen molar-refractivity contribution in [3.63, 3.8) is 0 Å². The van der Waals surface area contributed by atoms with Gasteiger partial charge >= 0.3 is 6.09 Å². The summed E-state index contributed by atoms with van der Waals surface area (Å²) in [5.41, 5.74) is 1.76. The standard InChI is InChI=1S/C28H36N2O3/c1-7-15-24(33-26(31)30-27(3,4)20-32-28(30,5)6)23(8-2)29-25(21-16-11-9-12-17-21)22-18-13-10-14-19-22/h7,9-14,16-19,23-24H,1,8,15,20H2,2-6H3/t23-,24+/m1/s1. The second-order valence-corrected chi connectivity index (χ2v) is 9.52. The monoisotopic (exact) mass is 448 g/mol. The van der Waals surface area contributed by atoms with Crippen LogP contribution in [-0.2, 0) is 9.47 Å². The molecule has 5 heteroatoms. The summed E-state index contributed by atoms with van der Waals surface area (Å²) in [5.74, 6) is 0. The molecule has 0 aliphatic carbocycles. The third-order valence-corrected chi connectivity index (χ3v) is 5.99. The molecule has 2 aromatic rings. The number of hydrogen-bond acceptors (Lipinski definition) is 4. The molecule has 0 radical (unpaired) electrons. The molecule has 0 N–H and O–H groups in total. The highest BCUT2D eigenvalue weighted by Gasteiger charge is 2.50. The summed E-state index contributed by atoms with van der Waals surface area (Å²) in [6, 6.07) is 20.0. The first kappa shape index (κ1) is 24.7. The lowest BCUT2D eigenvalue weighted by atomic mass is 10.00. The highest BCUT2D eigenvalue weighted by Crippen LogP contribution is 2.35. The molecule has 1 fully saturated rings. The molecule has 2 atom stereocenters. The first-order chi connectivity index (χ1) is 15.7. The molecular weight excluding hydrogens is 412 g/mol. The Bertz CT molecular complexity index is 910. The highest BCUT2D eigenvalue weighted by molar-refractivity contribution is 6.13. The molecule has 0 unspecified atom stereocenters. The predicted molar refractivity (Wildman–Crippen MR) is 134 cm³/mol. The zero-order valence-corrected chi connectivity index (χ0v) is 20.5. The Morgan fingerprint density at radius 3 is 2.06 bits per heavy atom. The van der Waals surface area contributed by atoms with Crippen molar-refractivity contribution in [3.05, 3.63) is 84.4 Å². The van der Waals surface area contributed by atoms with E-state index in [1.807, 2.05) is 64.1 Å². The van der Waals surface area contributed by atoms with Crippen molar-refractivity contribution in [2.45, 2.75) is 70.9 Å². The van der Waals surface area contributed by atoms with Crippen LogP contribution in [0.2, 0.25) is 0 Å². The van der Waals surface area contributed by atoms with E-state index in [9.17, 15) is 4.79 Å². The number of carbonyl (C=O) groups excluding carboxylic acids is 1. The summed E-state index contributed by atoms with van der Waals surface area (Å²) in [6.45, 7) is 14.2. The van der Waals surface area contributed by atoms with Crippen LogP contribution < -0.4 is 0 Å². The fourth-order valence-electron chi connectivity index (χ4n) is 4.42. The molecule has 3 rings (SSSR count). The average molecular weight is 449 g/mol. The van der Waals surface area contributed by atoms with Crippen LogP contribution in [0.3, 0.4) is 0 Å². The van der Waals surface area contributed by atoms with Gasteiger partial charge in [0.2, 0.25) is 0 Å². The summed E-state index contributed by atoms with van der Waals surface area (Å²) in [6.07, 6.45) is 2.20. The van der Waals surface area contributed by atoms with Gasteiger partial charge in [-0.05, 0) is 34.1 Å². The number of rotatable bonds is 8. The first-order valence-corrected chi connectivity index (χ1v) is 11.6. The lowest BCUT2D eigenvalue weighted by Gasteiger charge is -2.38. The van der Waals surface area contributed by atoms with Crippen LogP contribution >= 0.6 is 0 Å². The van der Waals surface area contributed by atoms with E-state index in [1.165, 1.54) is 0 Å². The van der Waals surface area contributed by atoms with Gasteiger partial charge in [0.1, 0.15) is 11.8 Å². The van der Waals surface area contributed by atoms with Crippen LogP contribution in [-0.4, -0.2) is 46.7 Å². The number of benzene rings is 2. The van der Waals surface area contributed by atoms with E-state index >= 15 is 0 Å². The van der Waals surface area contributed by atoms with E-state index in [0.717, 1.165) is 23.3 Å². The summed E-state index contributed by atoms with van der Waals surface area (Å²) in [4.78, 5) is 20.2. The Morgan fingerprint density at radius 2 is 1.64 bits per heavy atom. The molecule has 176 valence electrons. The number of ether oxygens (including phenoxy) is 2. The Hall–Kier alpha value is -2.92. The number of nitrogens with zero attached hydrogens (tertiary/aromatic N) is 2. The van der Waals surface area contributed by atoms with Crippen LogP contribution in [0.1, 0.15) is 58.6 Å². The quantitative estimate of drug-likeness (QED) is 0.355. The zero-order valence-electron chi connectivity index (χ0n) is 20.5. The lowest BCUT2D eigenvalue weighted by molar-refractivity contribution is -0.0599. The van der Waals surface area contributed by atoms with Gasteiger partial charge in [0.15, 0.2) is 0 Å². The van der Waals surface area contributed by atoms with Crippen molar-refractivity contribution in [3.8, 4) is 0 Å². The molecule has 1 heterocycles. The maximum atomic E-state index is 13.3. The van der Waals surface area contributed by atoms with E-state index in [0.29, 0.717) is 13.0 Å². The molecule has 1 amide bonds. The molecule has 1 aliphatic rings. The van der Waals surface area contributed by atoms with E-state index in [2.05, 4.69) is 37.8 Å². The minimum atomic E-state index is -0.733. The number of hydrogen-bond donors (Lipinski definition) is 0. The van der Waals surface area contributed by atoms with Gasteiger partial charge in [0.25, 0.3) is 0 Å².